The lowest BCUT2D eigenvalue weighted by Gasteiger charge is -2.39. The molecule has 1 spiro atoms. The van der Waals surface area contributed by atoms with Crippen LogP contribution in [0.5, 0.6) is 0 Å². The minimum atomic E-state index is -0.456. The van der Waals surface area contributed by atoms with Gasteiger partial charge in [-0.1, -0.05) is 6.07 Å². The Kier molecular flexibility index (Phi) is 2.90. The second-order valence-corrected chi connectivity index (χ2v) is 4.63. The quantitative estimate of drug-likeness (QED) is 0.746. The third-order valence-corrected chi connectivity index (χ3v) is 3.40. The van der Waals surface area contributed by atoms with Crippen molar-refractivity contribution in [2.45, 2.75) is 18.6 Å². The van der Waals surface area contributed by atoms with Crippen molar-refractivity contribution < 1.29 is 9.47 Å². The van der Waals surface area contributed by atoms with Crippen molar-refractivity contribution in [1.82, 2.24) is 4.98 Å². The molecule has 0 amide bonds. The highest BCUT2D eigenvalue weighted by Crippen LogP contribution is 2.31. The molecule has 18 heavy (non-hydrogen) atoms. The first-order valence-corrected chi connectivity index (χ1v) is 6.21. The molecule has 0 radical (unpaired) electrons. The molecule has 3 heterocycles. The van der Waals surface area contributed by atoms with Crippen LogP contribution in [0.25, 0.3) is 0 Å². The molecule has 0 saturated carbocycles. The van der Waals surface area contributed by atoms with Crippen LogP contribution in [-0.4, -0.2) is 37.1 Å². The summed E-state index contributed by atoms with van der Waals surface area (Å²) in [7, 11) is 0. The van der Waals surface area contributed by atoms with Crippen molar-refractivity contribution >= 4 is 5.82 Å². The number of aromatic nitrogens is 1. The third kappa shape index (κ3) is 2.05. The van der Waals surface area contributed by atoms with Gasteiger partial charge in [0.05, 0.1) is 19.8 Å². The predicted octanol–water partition coefficient (Wildman–Crippen LogP) is 1.30. The molecule has 2 fully saturated rings. The molecular weight excluding hydrogens is 230 g/mol. The van der Waals surface area contributed by atoms with Crippen LogP contribution < -0.4 is 4.90 Å². The number of rotatable bonds is 1. The van der Waals surface area contributed by atoms with Gasteiger partial charge in [-0.05, 0) is 18.6 Å². The Morgan fingerprint density at radius 1 is 1.33 bits per heavy atom. The average molecular weight is 245 g/mol. The van der Waals surface area contributed by atoms with Crippen LogP contribution in [0.3, 0.4) is 0 Å². The topological polar surface area (TPSA) is 58.4 Å². The predicted molar refractivity (Wildman–Crippen MR) is 65.0 cm³/mol. The van der Waals surface area contributed by atoms with E-state index >= 15 is 0 Å². The first-order valence-electron chi connectivity index (χ1n) is 6.21. The fourth-order valence-electron chi connectivity index (χ4n) is 2.58. The molecule has 1 aromatic rings. The highest BCUT2D eigenvalue weighted by atomic mass is 16.7. The van der Waals surface area contributed by atoms with Gasteiger partial charge in [-0.2, -0.15) is 5.26 Å². The van der Waals surface area contributed by atoms with E-state index in [0.29, 0.717) is 25.5 Å². The number of nitrogens with zero attached hydrogens (tertiary/aromatic N) is 3. The van der Waals surface area contributed by atoms with Crippen LogP contribution in [0.4, 0.5) is 5.82 Å². The summed E-state index contributed by atoms with van der Waals surface area (Å²) < 4.78 is 11.5. The number of nitriles is 1. The van der Waals surface area contributed by atoms with E-state index in [-0.39, 0.29) is 0 Å². The molecule has 5 heteroatoms. The number of ether oxygens (including phenoxy) is 2. The highest BCUT2D eigenvalue weighted by Gasteiger charge is 2.41. The fourth-order valence-corrected chi connectivity index (χ4v) is 2.58. The summed E-state index contributed by atoms with van der Waals surface area (Å²) >= 11 is 0. The Balaban J connectivity index is 1.81. The average Bonchev–Trinajstić information content (AvgIpc) is 2.87. The van der Waals surface area contributed by atoms with E-state index in [2.05, 4.69) is 16.0 Å². The normalized spacial score (nSPS) is 22.1. The van der Waals surface area contributed by atoms with Crippen LogP contribution in [0.15, 0.2) is 18.2 Å². The summed E-state index contributed by atoms with van der Waals surface area (Å²) in [6.07, 6.45) is 1.94. The van der Waals surface area contributed by atoms with Crippen molar-refractivity contribution in [3.05, 3.63) is 23.9 Å². The van der Waals surface area contributed by atoms with Crippen LogP contribution in [0, 0.1) is 11.3 Å². The Labute approximate surface area is 106 Å². The van der Waals surface area contributed by atoms with E-state index in [1.165, 1.54) is 0 Å². The van der Waals surface area contributed by atoms with Crippen LogP contribution >= 0.6 is 0 Å². The number of hydrogen-bond donors (Lipinski definition) is 0. The van der Waals surface area contributed by atoms with Crippen molar-refractivity contribution in [2.24, 2.45) is 0 Å². The maximum Gasteiger partial charge on any atom is 0.186 e. The summed E-state index contributed by atoms with van der Waals surface area (Å²) in [6, 6.07) is 7.57. The van der Waals surface area contributed by atoms with Gasteiger partial charge in [0, 0.05) is 13.0 Å². The zero-order valence-electron chi connectivity index (χ0n) is 10.1. The van der Waals surface area contributed by atoms with E-state index in [1.54, 1.807) is 6.07 Å². The Bertz CT molecular complexity index is 477. The molecule has 0 N–H and O–H groups in total. The lowest BCUT2D eigenvalue weighted by atomic mass is 10.0. The van der Waals surface area contributed by atoms with Gasteiger partial charge in [-0.15, -0.1) is 0 Å². The number of piperidine rings is 1. The van der Waals surface area contributed by atoms with E-state index < -0.39 is 5.79 Å². The van der Waals surface area contributed by atoms with Gasteiger partial charge in [-0.25, -0.2) is 4.98 Å². The van der Waals surface area contributed by atoms with E-state index in [0.717, 1.165) is 25.2 Å². The minimum Gasteiger partial charge on any atom is -0.351 e. The van der Waals surface area contributed by atoms with Crippen molar-refractivity contribution in [3.8, 4) is 6.07 Å². The standard InChI is InChI=1S/C13H15N3O2/c14-9-11-3-1-4-12(15-11)16-6-2-5-13(10-16)17-7-8-18-13/h1,3-4H,2,5-8,10H2. The zero-order valence-corrected chi connectivity index (χ0v) is 10.1. The minimum absolute atomic E-state index is 0.445. The lowest BCUT2D eigenvalue weighted by Crippen LogP contribution is -2.49. The highest BCUT2D eigenvalue weighted by molar-refractivity contribution is 5.42. The maximum absolute atomic E-state index is 8.89. The van der Waals surface area contributed by atoms with E-state index in [9.17, 15) is 0 Å². The van der Waals surface area contributed by atoms with Gasteiger partial charge >= 0.3 is 0 Å². The Hall–Kier alpha value is -1.64. The van der Waals surface area contributed by atoms with Gasteiger partial charge in [0.1, 0.15) is 17.6 Å². The smallest absolute Gasteiger partial charge is 0.186 e. The van der Waals surface area contributed by atoms with Crippen LogP contribution in [0.2, 0.25) is 0 Å². The largest absolute Gasteiger partial charge is 0.351 e. The molecule has 5 nitrogen and oxygen atoms in total. The molecule has 2 aliphatic heterocycles. The van der Waals surface area contributed by atoms with Gasteiger partial charge in [0.15, 0.2) is 5.79 Å². The molecule has 1 aromatic heterocycles. The molecule has 2 saturated heterocycles. The van der Waals surface area contributed by atoms with Crippen molar-refractivity contribution in [3.63, 3.8) is 0 Å². The fraction of sp³-hybridized carbons (Fsp3) is 0.538. The summed E-state index contributed by atoms with van der Waals surface area (Å²) in [5.41, 5.74) is 0.445. The molecule has 0 unspecified atom stereocenters. The molecule has 2 aliphatic rings. The molecule has 0 bridgehead atoms. The molecule has 0 atom stereocenters. The van der Waals surface area contributed by atoms with E-state index in [4.69, 9.17) is 14.7 Å². The Morgan fingerprint density at radius 3 is 2.94 bits per heavy atom. The van der Waals surface area contributed by atoms with Gasteiger partial charge in [0.25, 0.3) is 0 Å². The van der Waals surface area contributed by atoms with Crippen LogP contribution in [0.1, 0.15) is 18.5 Å². The first-order chi connectivity index (χ1) is 8.81. The summed E-state index contributed by atoms with van der Waals surface area (Å²) in [4.78, 5) is 6.46. The second kappa shape index (κ2) is 4.56. The van der Waals surface area contributed by atoms with E-state index in [1.807, 2.05) is 12.1 Å². The molecule has 94 valence electrons. The van der Waals surface area contributed by atoms with Gasteiger partial charge in [-0.3, -0.25) is 0 Å². The number of pyridine rings is 1. The van der Waals surface area contributed by atoms with Crippen LogP contribution in [-0.2, 0) is 9.47 Å². The SMILES string of the molecule is N#Cc1cccc(N2CCCC3(C2)OCCO3)n1. The molecule has 3 rings (SSSR count). The zero-order chi connectivity index (χ0) is 12.4. The summed E-state index contributed by atoms with van der Waals surface area (Å²) in [5, 5.41) is 8.89. The lowest BCUT2D eigenvalue weighted by molar-refractivity contribution is -0.161. The summed E-state index contributed by atoms with van der Waals surface area (Å²) in [6.45, 7) is 2.95. The third-order valence-electron chi connectivity index (χ3n) is 3.40. The molecule has 0 aromatic carbocycles. The van der Waals surface area contributed by atoms with Gasteiger partial charge < -0.3 is 14.4 Å². The molecule has 0 aliphatic carbocycles. The number of hydrogen-bond acceptors (Lipinski definition) is 5. The number of anilines is 1. The monoisotopic (exact) mass is 245 g/mol. The Morgan fingerprint density at radius 2 is 2.17 bits per heavy atom. The van der Waals surface area contributed by atoms with Gasteiger partial charge in [0.2, 0.25) is 0 Å². The summed E-state index contributed by atoms with van der Waals surface area (Å²) in [5.74, 6) is 0.370. The first kappa shape index (κ1) is 11.5. The maximum atomic E-state index is 8.89. The second-order valence-electron chi connectivity index (χ2n) is 4.63. The molecular formula is C13H15N3O2. The van der Waals surface area contributed by atoms with Crippen molar-refractivity contribution in [2.75, 3.05) is 31.2 Å². The van der Waals surface area contributed by atoms with Crippen molar-refractivity contribution in [1.29, 1.82) is 5.26 Å².